The SMILES string of the molecule is NC(=O)C(NCC(=O)N1CCc2sccc2C1)c1ccccc1. The summed E-state index contributed by atoms with van der Waals surface area (Å²) in [4.78, 5) is 27.2. The van der Waals surface area contributed by atoms with Gasteiger partial charge in [0.15, 0.2) is 0 Å². The number of rotatable bonds is 5. The molecule has 6 heteroatoms. The summed E-state index contributed by atoms with van der Waals surface area (Å²) in [5.41, 5.74) is 7.45. The van der Waals surface area contributed by atoms with Gasteiger partial charge < -0.3 is 10.6 Å². The highest BCUT2D eigenvalue weighted by molar-refractivity contribution is 7.10. The zero-order valence-corrected chi connectivity index (χ0v) is 13.5. The Morgan fingerprint density at radius 1 is 1.26 bits per heavy atom. The number of benzene rings is 1. The molecule has 5 nitrogen and oxygen atoms in total. The van der Waals surface area contributed by atoms with Gasteiger partial charge in [0.25, 0.3) is 0 Å². The Hall–Kier alpha value is -2.18. The van der Waals surface area contributed by atoms with E-state index in [1.807, 2.05) is 35.2 Å². The second-order valence-corrected chi connectivity index (χ2v) is 6.56. The Balaban J connectivity index is 1.61. The van der Waals surface area contributed by atoms with E-state index < -0.39 is 11.9 Å². The third kappa shape index (κ3) is 3.60. The third-order valence-electron chi connectivity index (χ3n) is 4.04. The summed E-state index contributed by atoms with van der Waals surface area (Å²) < 4.78 is 0. The number of carbonyl (C=O) groups is 2. The van der Waals surface area contributed by atoms with E-state index in [2.05, 4.69) is 16.8 Å². The Bertz CT molecular complexity index is 699. The molecule has 0 saturated heterocycles. The fourth-order valence-electron chi connectivity index (χ4n) is 2.79. The molecule has 2 heterocycles. The quantitative estimate of drug-likeness (QED) is 0.872. The van der Waals surface area contributed by atoms with Gasteiger partial charge in [-0.3, -0.25) is 14.9 Å². The van der Waals surface area contributed by atoms with Crippen LogP contribution >= 0.6 is 11.3 Å². The van der Waals surface area contributed by atoms with Crippen molar-refractivity contribution in [2.24, 2.45) is 5.73 Å². The van der Waals surface area contributed by atoms with Crippen LogP contribution in [0.15, 0.2) is 41.8 Å². The van der Waals surface area contributed by atoms with Gasteiger partial charge in [-0.05, 0) is 29.0 Å². The fourth-order valence-corrected chi connectivity index (χ4v) is 3.68. The molecule has 120 valence electrons. The maximum absolute atomic E-state index is 12.4. The van der Waals surface area contributed by atoms with Gasteiger partial charge >= 0.3 is 0 Å². The summed E-state index contributed by atoms with van der Waals surface area (Å²) in [6.07, 6.45) is 0.899. The molecule has 0 spiro atoms. The maximum Gasteiger partial charge on any atom is 0.239 e. The van der Waals surface area contributed by atoms with E-state index in [1.165, 1.54) is 10.4 Å². The lowest BCUT2D eigenvalue weighted by Gasteiger charge is -2.28. The van der Waals surface area contributed by atoms with Crippen molar-refractivity contribution < 1.29 is 9.59 Å². The molecule has 23 heavy (non-hydrogen) atoms. The van der Waals surface area contributed by atoms with Crippen LogP contribution in [0.25, 0.3) is 0 Å². The highest BCUT2D eigenvalue weighted by Crippen LogP contribution is 2.24. The smallest absolute Gasteiger partial charge is 0.239 e. The lowest BCUT2D eigenvalue weighted by molar-refractivity contribution is -0.131. The van der Waals surface area contributed by atoms with E-state index in [1.54, 1.807) is 11.3 Å². The van der Waals surface area contributed by atoms with Gasteiger partial charge in [0.05, 0.1) is 6.54 Å². The Kier molecular flexibility index (Phi) is 4.73. The minimum atomic E-state index is -0.651. The number of hydrogen-bond acceptors (Lipinski definition) is 4. The standard InChI is InChI=1S/C17H19N3O2S/c18-17(22)16(12-4-2-1-3-5-12)19-10-15(21)20-8-6-14-13(11-20)7-9-23-14/h1-5,7,9,16,19H,6,8,10-11H2,(H2,18,22). The van der Waals surface area contributed by atoms with Gasteiger partial charge in [0, 0.05) is 18.0 Å². The van der Waals surface area contributed by atoms with Crippen molar-refractivity contribution in [1.29, 1.82) is 0 Å². The first-order valence-electron chi connectivity index (χ1n) is 7.56. The molecule has 2 amide bonds. The van der Waals surface area contributed by atoms with E-state index in [0.717, 1.165) is 18.5 Å². The van der Waals surface area contributed by atoms with Gasteiger partial charge in [0.1, 0.15) is 6.04 Å². The molecule has 0 radical (unpaired) electrons. The highest BCUT2D eigenvalue weighted by atomic mass is 32.1. The lowest BCUT2D eigenvalue weighted by Crippen LogP contribution is -2.43. The molecule has 3 N–H and O–H groups in total. The number of hydrogen-bond donors (Lipinski definition) is 2. The van der Waals surface area contributed by atoms with Gasteiger partial charge in [-0.25, -0.2) is 0 Å². The van der Waals surface area contributed by atoms with Crippen molar-refractivity contribution in [2.45, 2.75) is 19.0 Å². The molecule has 3 rings (SSSR count). The van der Waals surface area contributed by atoms with Crippen molar-refractivity contribution in [3.8, 4) is 0 Å². The van der Waals surface area contributed by atoms with E-state index in [9.17, 15) is 9.59 Å². The summed E-state index contributed by atoms with van der Waals surface area (Å²) in [6.45, 7) is 1.47. The summed E-state index contributed by atoms with van der Waals surface area (Å²) in [7, 11) is 0. The summed E-state index contributed by atoms with van der Waals surface area (Å²) >= 11 is 1.74. The Labute approximate surface area is 139 Å². The van der Waals surface area contributed by atoms with Crippen LogP contribution in [0.1, 0.15) is 22.0 Å². The first kappa shape index (κ1) is 15.7. The molecule has 1 aliphatic heterocycles. The molecule has 2 aromatic rings. The Morgan fingerprint density at radius 2 is 2.04 bits per heavy atom. The van der Waals surface area contributed by atoms with Gasteiger partial charge in [0.2, 0.25) is 11.8 Å². The second-order valence-electron chi connectivity index (χ2n) is 5.56. The van der Waals surface area contributed by atoms with Gasteiger partial charge in [-0.2, -0.15) is 0 Å². The average Bonchev–Trinajstić information content (AvgIpc) is 3.03. The van der Waals surface area contributed by atoms with Crippen LogP contribution in [0.5, 0.6) is 0 Å². The highest BCUT2D eigenvalue weighted by Gasteiger charge is 2.23. The zero-order chi connectivity index (χ0) is 16.2. The number of amides is 2. The van der Waals surface area contributed by atoms with Crippen LogP contribution in [-0.2, 0) is 22.6 Å². The van der Waals surface area contributed by atoms with Gasteiger partial charge in [-0.15, -0.1) is 11.3 Å². The number of fused-ring (bicyclic) bond motifs is 1. The predicted octanol–water partition coefficient (Wildman–Crippen LogP) is 1.45. The number of carbonyl (C=O) groups excluding carboxylic acids is 2. The molecule has 1 aromatic carbocycles. The van der Waals surface area contributed by atoms with Crippen molar-refractivity contribution in [3.05, 3.63) is 57.8 Å². The molecule has 1 unspecified atom stereocenters. The predicted molar refractivity (Wildman–Crippen MR) is 89.8 cm³/mol. The molecule has 0 fully saturated rings. The fraction of sp³-hybridized carbons (Fsp3) is 0.294. The van der Waals surface area contributed by atoms with Crippen LogP contribution in [0, 0.1) is 0 Å². The van der Waals surface area contributed by atoms with E-state index in [-0.39, 0.29) is 12.5 Å². The molecule has 0 saturated carbocycles. The molecular weight excluding hydrogens is 310 g/mol. The van der Waals surface area contributed by atoms with E-state index in [4.69, 9.17) is 5.73 Å². The number of nitrogens with one attached hydrogen (secondary N) is 1. The summed E-state index contributed by atoms with van der Waals surface area (Å²) in [5.74, 6) is -0.494. The van der Waals surface area contributed by atoms with Gasteiger partial charge in [-0.1, -0.05) is 30.3 Å². The van der Waals surface area contributed by atoms with Crippen LogP contribution in [-0.4, -0.2) is 29.8 Å². The third-order valence-corrected chi connectivity index (χ3v) is 5.06. The first-order valence-corrected chi connectivity index (χ1v) is 8.44. The molecule has 1 atom stereocenters. The normalized spacial score (nSPS) is 15.0. The van der Waals surface area contributed by atoms with Crippen LogP contribution in [0.3, 0.4) is 0 Å². The lowest BCUT2D eigenvalue weighted by atomic mass is 10.1. The molecule has 0 aliphatic carbocycles. The number of nitrogens with two attached hydrogens (primary N) is 1. The average molecular weight is 329 g/mol. The largest absolute Gasteiger partial charge is 0.368 e. The Morgan fingerprint density at radius 3 is 2.78 bits per heavy atom. The van der Waals surface area contributed by atoms with Crippen LogP contribution in [0.4, 0.5) is 0 Å². The van der Waals surface area contributed by atoms with E-state index >= 15 is 0 Å². The first-order chi connectivity index (χ1) is 11.1. The van der Waals surface area contributed by atoms with E-state index in [0.29, 0.717) is 6.54 Å². The van der Waals surface area contributed by atoms with Crippen molar-refractivity contribution in [1.82, 2.24) is 10.2 Å². The van der Waals surface area contributed by atoms with Crippen molar-refractivity contribution >= 4 is 23.2 Å². The van der Waals surface area contributed by atoms with Crippen molar-refractivity contribution in [3.63, 3.8) is 0 Å². The molecular formula is C17H19N3O2S. The topological polar surface area (TPSA) is 75.4 Å². The maximum atomic E-state index is 12.4. The monoisotopic (exact) mass is 329 g/mol. The molecule has 1 aromatic heterocycles. The van der Waals surface area contributed by atoms with Crippen LogP contribution < -0.4 is 11.1 Å². The van der Waals surface area contributed by atoms with Crippen molar-refractivity contribution in [2.75, 3.05) is 13.1 Å². The summed E-state index contributed by atoms with van der Waals surface area (Å²) in [6, 6.07) is 10.6. The minimum absolute atomic E-state index is 0.0102. The molecule has 1 aliphatic rings. The number of primary amides is 1. The number of thiophene rings is 1. The van der Waals surface area contributed by atoms with Crippen LogP contribution in [0.2, 0.25) is 0 Å². The zero-order valence-electron chi connectivity index (χ0n) is 12.7. The minimum Gasteiger partial charge on any atom is -0.368 e. The second kappa shape index (κ2) is 6.93. The summed E-state index contributed by atoms with van der Waals surface area (Å²) in [5, 5.41) is 5.05. The molecule has 0 bridgehead atoms. The number of nitrogens with zero attached hydrogens (tertiary/aromatic N) is 1.